The van der Waals surface area contributed by atoms with Crippen molar-refractivity contribution in [1.82, 2.24) is 4.98 Å². The number of aromatic nitrogens is 1. The quantitative estimate of drug-likeness (QED) is 0.512. The minimum Gasteiger partial charge on any atom is -0.300 e. The van der Waals surface area contributed by atoms with Gasteiger partial charge in [-0.1, -0.05) is 30.7 Å². The number of rotatable bonds is 9. The zero-order valence-corrected chi connectivity index (χ0v) is 12.9. The average Bonchev–Trinajstić information content (AvgIpc) is 2.42. The first kappa shape index (κ1) is 16.2. The minimum absolute atomic E-state index is 0.0295. The Morgan fingerprint density at radius 2 is 2.00 bits per heavy atom. The van der Waals surface area contributed by atoms with Crippen LogP contribution in [0, 0.1) is 5.92 Å². The summed E-state index contributed by atoms with van der Waals surface area (Å²) in [4.78, 5) is 27.2. The van der Waals surface area contributed by atoms with Gasteiger partial charge in [-0.25, -0.2) is 4.98 Å². The first-order valence-corrected chi connectivity index (χ1v) is 8.66. The van der Waals surface area contributed by atoms with Crippen molar-refractivity contribution in [2.75, 3.05) is 5.75 Å². The average molecular weight is 297 g/mol. The van der Waals surface area contributed by atoms with Crippen molar-refractivity contribution in [2.45, 2.75) is 38.1 Å². The van der Waals surface area contributed by atoms with Crippen molar-refractivity contribution in [3.63, 3.8) is 0 Å². The van der Waals surface area contributed by atoms with Crippen molar-refractivity contribution in [3.8, 4) is 0 Å². The molecule has 1 aromatic rings. The van der Waals surface area contributed by atoms with Crippen LogP contribution in [0.2, 0.25) is 0 Å². The standard InChI is InChI=1S/C14H19NO2S2/c1-11(2)13(17)7-6-12(16)8-10-18-19-14-5-3-4-9-15-14/h3-5,9,11H,6-8,10H2,1-2H3. The summed E-state index contributed by atoms with van der Waals surface area (Å²) in [7, 11) is 3.20. The van der Waals surface area contributed by atoms with Gasteiger partial charge in [0, 0.05) is 37.1 Å². The summed E-state index contributed by atoms with van der Waals surface area (Å²) in [5.41, 5.74) is 0. The van der Waals surface area contributed by atoms with E-state index < -0.39 is 0 Å². The summed E-state index contributed by atoms with van der Waals surface area (Å²) >= 11 is 0. The molecule has 0 fully saturated rings. The third-order valence-electron chi connectivity index (χ3n) is 2.54. The molecule has 1 aromatic heterocycles. The van der Waals surface area contributed by atoms with Crippen LogP contribution in [0.4, 0.5) is 0 Å². The van der Waals surface area contributed by atoms with Gasteiger partial charge in [-0.2, -0.15) is 0 Å². The molecule has 0 atom stereocenters. The predicted octanol–water partition coefficient (Wildman–Crippen LogP) is 3.79. The van der Waals surface area contributed by atoms with Gasteiger partial charge in [0.25, 0.3) is 0 Å². The normalized spacial score (nSPS) is 10.7. The molecule has 104 valence electrons. The fourth-order valence-electron chi connectivity index (χ4n) is 1.33. The van der Waals surface area contributed by atoms with Crippen molar-refractivity contribution in [2.24, 2.45) is 5.92 Å². The molecule has 0 amide bonds. The Hall–Kier alpha value is -0.810. The number of carbonyl (C=O) groups is 2. The molecule has 0 aliphatic carbocycles. The van der Waals surface area contributed by atoms with Gasteiger partial charge in [-0.15, -0.1) is 0 Å². The van der Waals surface area contributed by atoms with Gasteiger partial charge in [-0.3, -0.25) is 9.59 Å². The second-order valence-electron chi connectivity index (χ2n) is 4.48. The number of carbonyl (C=O) groups excluding carboxylic acids is 2. The second kappa shape index (κ2) is 9.15. The molecule has 0 saturated heterocycles. The van der Waals surface area contributed by atoms with Gasteiger partial charge in [0.15, 0.2) is 0 Å². The summed E-state index contributed by atoms with van der Waals surface area (Å²) in [5.74, 6) is 1.13. The zero-order valence-electron chi connectivity index (χ0n) is 11.3. The lowest BCUT2D eigenvalue weighted by molar-refractivity contribution is -0.125. The molecule has 1 heterocycles. The molecule has 5 heteroatoms. The monoisotopic (exact) mass is 297 g/mol. The summed E-state index contributed by atoms with van der Waals surface area (Å²) in [5, 5.41) is 0.954. The van der Waals surface area contributed by atoms with E-state index in [4.69, 9.17) is 0 Å². The van der Waals surface area contributed by atoms with Crippen molar-refractivity contribution in [1.29, 1.82) is 0 Å². The molecule has 0 aliphatic heterocycles. The number of hydrogen-bond donors (Lipinski definition) is 0. The van der Waals surface area contributed by atoms with E-state index in [1.165, 1.54) is 0 Å². The molecule has 19 heavy (non-hydrogen) atoms. The maximum absolute atomic E-state index is 11.6. The minimum atomic E-state index is 0.0295. The Labute approximate surface area is 122 Å². The maximum atomic E-state index is 11.6. The molecule has 0 unspecified atom stereocenters. The molecule has 0 saturated carbocycles. The van der Waals surface area contributed by atoms with Crippen LogP contribution in [-0.4, -0.2) is 22.3 Å². The summed E-state index contributed by atoms with van der Waals surface area (Å²) in [6, 6.07) is 5.77. The van der Waals surface area contributed by atoms with Crippen LogP contribution in [-0.2, 0) is 9.59 Å². The van der Waals surface area contributed by atoms with Gasteiger partial charge in [0.1, 0.15) is 16.6 Å². The van der Waals surface area contributed by atoms with E-state index in [1.54, 1.807) is 27.8 Å². The van der Waals surface area contributed by atoms with Gasteiger partial charge in [0.05, 0.1) is 0 Å². The van der Waals surface area contributed by atoms with E-state index in [-0.39, 0.29) is 17.5 Å². The van der Waals surface area contributed by atoms with Crippen LogP contribution < -0.4 is 0 Å². The Morgan fingerprint density at radius 1 is 1.21 bits per heavy atom. The highest BCUT2D eigenvalue weighted by atomic mass is 33.1. The number of ketones is 2. The Kier molecular flexibility index (Phi) is 7.82. The smallest absolute Gasteiger partial charge is 0.135 e. The van der Waals surface area contributed by atoms with Gasteiger partial charge >= 0.3 is 0 Å². The molecule has 0 spiro atoms. The molecular formula is C14H19NO2S2. The molecule has 0 bridgehead atoms. The lowest BCUT2D eigenvalue weighted by Crippen LogP contribution is -2.10. The van der Waals surface area contributed by atoms with Gasteiger partial charge in [0.2, 0.25) is 0 Å². The van der Waals surface area contributed by atoms with Crippen LogP contribution in [0.15, 0.2) is 29.4 Å². The van der Waals surface area contributed by atoms with E-state index >= 15 is 0 Å². The van der Waals surface area contributed by atoms with Crippen molar-refractivity contribution < 1.29 is 9.59 Å². The van der Waals surface area contributed by atoms with E-state index in [9.17, 15) is 9.59 Å². The summed E-state index contributed by atoms with van der Waals surface area (Å²) in [6.45, 7) is 3.73. The Balaban J connectivity index is 2.09. The van der Waals surface area contributed by atoms with Crippen LogP contribution in [0.3, 0.4) is 0 Å². The van der Waals surface area contributed by atoms with Crippen molar-refractivity contribution >= 4 is 33.2 Å². The number of nitrogens with zero attached hydrogens (tertiary/aromatic N) is 1. The number of pyridine rings is 1. The Morgan fingerprint density at radius 3 is 2.63 bits per heavy atom. The largest absolute Gasteiger partial charge is 0.300 e. The third kappa shape index (κ3) is 7.38. The molecule has 1 rings (SSSR count). The second-order valence-corrected chi connectivity index (χ2v) is 6.92. The highest BCUT2D eigenvalue weighted by molar-refractivity contribution is 8.76. The fraction of sp³-hybridized carbons (Fsp3) is 0.500. The van der Waals surface area contributed by atoms with E-state index in [1.807, 2.05) is 32.0 Å². The number of Topliss-reactive ketones (excluding diaryl/α,β-unsaturated/α-hetero) is 2. The molecule has 0 aromatic carbocycles. The summed E-state index contributed by atoms with van der Waals surface area (Å²) in [6.07, 6.45) is 3.04. The van der Waals surface area contributed by atoms with Crippen LogP contribution in [0.1, 0.15) is 33.1 Å². The maximum Gasteiger partial charge on any atom is 0.135 e. The molecular weight excluding hydrogens is 278 g/mol. The van der Waals surface area contributed by atoms with Crippen LogP contribution >= 0.6 is 21.6 Å². The van der Waals surface area contributed by atoms with Crippen molar-refractivity contribution in [3.05, 3.63) is 24.4 Å². The van der Waals surface area contributed by atoms with Gasteiger partial charge < -0.3 is 0 Å². The zero-order chi connectivity index (χ0) is 14.1. The van der Waals surface area contributed by atoms with E-state index in [0.717, 1.165) is 10.8 Å². The highest BCUT2D eigenvalue weighted by Gasteiger charge is 2.10. The highest BCUT2D eigenvalue weighted by Crippen LogP contribution is 2.29. The molecule has 0 aliphatic rings. The first-order valence-electron chi connectivity index (χ1n) is 6.34. The Bertz CT molecular complexity index is 407. The fourth-order valence-corrected chi connectivity index (χ4v) is 3.24. The third-order valence-corrected chi connectivity index (χ3v) is 4.81. The molecule has 0 radical (unpaired) electrons. The van der Waals surface area contributed by atoms with Crippen LogP contribution in [0.5, 0.6) is 0 Å². The number of hydrogen-bond acceptors (Lipinski definition) is 5. The lowest BCUT2D eigenvalue weighted by Gasteiger charge is -2.03. The topological polar surface area (TPSA) is 47.0 Å². The molecule has 0 N–H and O–H groups in total. The van der Waals surface area contributed by atoms with E-state index in [0.29, 0.717) is 19.3 Å². The van der Waals surface area contributed by atoms with E-state index in [2.05, 4.69) is 4.98 Å². The van der Waals surface area contributed by atoms with Crippen LogP contribution in [0.25, 0.3) is 0 Å². The summed E-state index contributed by atoms with van der Waals surface area (Å²) < 4.78 is 0. The van der Waals surface area contributed by atoms with Gasteiger partial charge in [-0.05, 0) is 22.9 Å². The first-order chi connectivity index (χ1) is 9.09. The predicted molar refractivity (Wildman–Crippen MR) is 81.3 cm³/mol. The SMILES string of the molecule is CC(C)C(=O)CCC(=O)CCSSc1ccccn1. The molecule has 3 nitrogen and oxygen atoms in total. The lowest BCUT2D eigenvalue weighted by atomic mass is 10.0.